The zero-order chi connectivity index (χ0) is 35.3. The molecule has 4 bridgehead atoms. The summed E-state index contributed by atoms with van der Waals surface area (Å²) < 4.78 is 27.4. The van der Waals surface area contributed by atoms with Crippen molar-refractivity contribution in [3.05, 3.63) is 108 Å². The molecule has 2 aliphatic rings. The molecule has 1 fully saturated rings. The number of nitrogens with zero attached hydrogens (tertiary/aromatic N) is 5. The number of fused-ring (bicyclic) bond motifs is 6. The lowest BCUT2D eigenvalue weighted by Crippen LogP contribution is -2.49. The molecule has 0 aliphatic carbocycles. The Bertz CT molecular complexity index is 2060. The lowest BCUT2D eigenvalue weighted by Gasteiger charge is -2.25. The highest BCUT2D eigenvalue weighted by atomic mass is 19.1. The van der Waals surface area contributed by atoms with Crippen molar-refractivity contribution in [3.8, 4) is 11.5 Å². The number of carbonyl (C=O) groups excluding carboxylic acids is 3. The van der Waals surface area contributed by atoms with Gasteiger partial charge in [0.05, 0.1) is 30.7 Å². The minimum absolute atomic E-state index is 0.0345. The van der Waals surface area contributed by atoms with Crippen LogP contribution in [0.25, 0.3) is 11.0 Å². The predicted octanol–water partition coefficient (Wildman–Crippen LogP) is 4.01. The number of anilines is 1. The third kappa shape index (κ3) is 7.80. The molecule has 2 aliphatic heterocycles. The molecule has 3 amide bonds. The smallest absolute Gasteiger partial charge is 0.254 e. The number of aromatic nitrogens is 4. The van der Waals surface area contributed by atoms with Crippen molar-refractivity contribution >= 4 is 34.6 Å². The number of benzene rings is 2. The second-order valence-corrected chi connectivity index (χ2v) is 12.6. The number of halogens is 1. The summed E-state index contributed by atoms with van der Waals surface area (Å²) in [6.07, 6.45) is 5.57. The van der Waals surface area contributed by atoms with E-state index in [4.69, 9.17) is 9.47 Å². The highest BCUT2D eigenvalue weighted by Crippen LogP contribution is 2.30. The fourth-order valence-corrected chi connectivity index (χ4v) is 6.46. The van der Waals surface area contributed by atoms with E-state index in [0.29, 0.717) is 56.0 Å². The molecule has 0 saturated carbocycles. The van der Waals surface area contributed by atoms with Crippen molar-refractivity contribution in [1.29, 1.82) is 0 Å². The molecule has 1 saturated heterocycles. The van der Waals surface area contributed by atoms with Gasteiger partial charge in [0, 0.05) is 67.9 Å². The van der Waals surface area contributed by atoms with E-state index in [9.17, 15) is 18.8 Å². The Morgan fingerprint density at radius 2 is 1.92 bits per heavy atom. The number of aromatic amines is 1. The van der Waals surface area contributed by atoms with Gasteiger partial charge in [-0.2, -0.15) is 0 Å². The summed E-state index contributed by atoms with van der Waals surface area (Å²) in [6, 6.07) is 15.7. The third-order valence-corrected chi connectivity index (χ3v) is 8.80. The monoisotopic (exact) mass is 692 g/mol. The van der Waals surface area contributed by atoms with Crippen molar-refractivity contribution < 1.29 is 28.2 Å². The first kappa shape index (κ1) is 33.6. The maximum Gasteiger partial charge on any atom is 0.254 e. The lowest BCUT2D eigenvalue weighted by atomic mass is 10.1. The van der Waals surface area contributed by atoms with Crippen LogP contribution in [0.4, 0.5) is 10.2 Å². The molecule has 13 nitrogen and oxygen atoms in total. The van der Waals surface area contributed by atoms with Crippen LogP contribution in [0.3, 0.4) is 0 Å². The SMILES string of the molecule is CCCN1CC(=O)N[C@@H]2CN(c3ncnc4[nH]ccc34)C[C@H]2OCc2cc(F)cc(c2)Oc2cc(C(=O)NCCc3ccccn3)cc(c2)C1=O. The maximum atomic E-state index is 15.0. The molecule has 7 rings (SSSR count). The summed E-state index contributed by atoms with van der Waals surface area (Å²) in [5, 5.41) is 6.79. The van der Waals surface area contributed by atoms with E-state index >= 15 is 0 Å². The number of hydrogen-bond donors (Lipinski definition) is 3. The number of nitrogens with one attached hydrogen (secondary N) is 3. The van der Waals surface area contributed by atoms with Crippen molar-refractivity contribution in [2.24, 2.45) is 0 Å². The van der Waals surface area contributed by atoms with E-state index in [1.54, 1.807) is 18.5 Å². The molecular weight excluding hydrogens is 655 g/mol. The van der Waals surface area contributed by atoms with Gasteiger partial charge in [-0.3, -0.25) is 19.4 Å². The lowest BCUT2D eigenvalue weighted by molar-refractivity contribution is -0.123. The number of pyridine rings is 1. The van der Waals surface area contributed by atoms with Gasteiger partial charge >= 0.3 is 0 Å². The Balaban J connectivity index is 1.19. The number of hydrogen-bond acceptors (Lipinski definition) is 9. The van der Waals surface area contributed by atoms with Gasteiger partial charge < -0.3 is 34.9 Å². The van der Waals surface area contributed by atoms with Crippen LogP contribution < -0.4 is 20.3 Å². The predicted molar refractivity (Wildman–Crippen MR) is 186 cm³/mol. The van der Waals surface area contributed by atoms with Crippen LogP contribution in [-0.2, 0) is 22.6 Å². The Hall–Kier alpha value is -5.89. The zero-order valence-electron chi connectivity index (χ0n) is 28.0. The Labute approximate surface area is 293 Å². The second kappa shape index (κ2) is 14.9. The molecule has 5 heterocycles. The summed E-state index contributed by atoms with van der Waals surface area (Å²) in [4.78, 5) is 60.7. The van der Waals surface area contributed by atoms with Crippen LogP contribution in [0, 0.1) is 5.82 Å². The van der Waals surface area contributed by atoms with E-state index in [1.165, 1.54) is 41.6 Å². The molecule has 2 atom stereocenters. The fraction of sp³-hybridized carbons (Fsp3) is 0.297. The van der Waals surface area contributed by atoms with Crippen molar-refractivity contribution in [2.75, 3.05) is 37.6 Å². The molecule has 5 aromatic rings. The average Bonchev–Trinajstić information content (AvgIpc) is 3.77. The van der Waals surface area contributed by atoms with Crippen LogP contribution in [0.5, 0.6) is 11.5 Å². The topological polar surface area (TPSA) is 155 Å². The van der Waals surface area contributed by atoms with E-state index in [-0.39, 0.29) is 41.7 Å². The summed E-state index contributed by atoms with van der Waals surface area (Å²) in [7, 11) is 0. The summed E-state index contributed by atoms with van der Waals surface area (Å²) in [5.41, 5.74) is 2.34. The Morgan fingerprint density at radius 3 is 2.76 bits per heavy atom. The van der Waals surface area contributed by atoms with Crippen LogP contribution in [-0.4, -0.2) is 87.4 Å². The van der Waals surface area contributed by atoms with Crippen LogP contribution >= 0.6 is 0 Å². The van der Waals surface area contributed by atoms with E-state index in [0.717, 1.165) is 11.1 Å². The van der Waals surface area contributed by atoms with Crippen LogP contribution in [0.1, 0.15) is 45.3 Å². The molecule has 0 spiro atoms. The zero-order valence-corrected chi connectivity index (χ0v) is 28.0. The average molecular weight is 693 g/mol. The molecule has 3 aromatic heterocycles. The van der Waals surface area contributed by atoms with Gasteiger partial charge in [-0.1, -0.05) is 13.0 Å². The van der Waals surface area contributed by atoms with Crippen molar-refractivity contribution in [2.45, 2.75) is 38.5 Å². The highest BCUT2D eigenvalue weighted by molar-refractivity contribution is 6.01. The number of ether oxygens (including phenoxy) is 2. The van der Waals surface area contributed by atoms with Gasteiger partial charge in [-0.25, -0.2) is 14.4 Å². The van der Waals surface area contributed by atoms with Gasteiger partial charge in [0.1, 0.15) is 35.1 Å². The molecule has 14 heteroatoms. The van der Waals surface area contributed by atoms with Gasteiger partial charge in [0.15, 0.2) is 0 Å². The minimum Gasteiger partial charge on any atom is -0.457 e. The van der Waals surface area contributed by atoms with E-state index in [1.807, 2.05) is 36.1 Å². The second-order valence-electron chi connectivity index (χ2n) is 12.6. The van der Waals surface area contributed by atoms with Gasteiger partial charge in [0.2, 0.25) is 5.91 Å². The fourth-order valence-electron chi connectivity index (χ4n) is 6.46. The molecule has 0 unspecified atom stereocenters. The van der Waals surface area contributed by atoms with Crippen LogP contribution in [0.2, 0.25) is 0 Å². The maximum absolute atomic E-state index is 15.0. The summed E-state index contributed by atoms with van der Waals surface area (Å²) in [6.45, 7) is 3.11. The normalized spacial score (nSPS) is 17.9. The quantitative estimate of drug-likeness (QED) is 0.230. The standard InChI is InChI=1S/C37H37FN8O5/c1-2-11-45-20-33(47)44-31-18-46(35-30-7-10-40-34(30)42-22-43-35)19-32(31)50-21-23-12-26(38)17-28(13-23)51-29-15-24(14-25(16-29)37(45)49)36(48)41-9-6-27-5-3-4-8-39-27/h3-5,7-8,10,12-17,22,31-32H,2,6,9,11,18-21H2,1H3,(H,41,48)(H,44,47)(H,40,42,43)/t31-,32-/m1/s1. The number of carbonyl (C=O) groups is 3. The van der Waals surface area contributed by atoms with Crippen LogP contribution in [0.15, 0.2) is 79.4 Å². The first-order chi connectivity index (χ1) is 24.8. The number of H-pyrrole nitrogens is 1. The highest BCUT2D eigenvalue weighted by Gasteiger charge is 2.37. The number of rotatable bonds is 7. The minimum atomic E-state index is -0.546. The molecule has 3 N–H and O–H groups in total. The van der Waals surface area contributed by atoms with E-state index < -0.39 is 29.8 Å². The third-order valence-electron chi connectivity index (χ3n) is 8.80. The van der Waals surface area contributed by atoms with Gasteiger partial charge in [-0.05, 0) is 60.5 Å². The Kier molecular flexibility index (Phi) is 9.83. The Morgan fingerprint density at radius 1 is 1.04 bits per heavy atom. The largest absolute Gasteiger partial charge is 0.457 e. The first-order valence-corrected chi connectivity index (χ1v) is 16.9. The number of amides is 3. The van der Waals surface area contributed by atoms with Crippen molar-refractivity contribution in [1.82, 2.24) is 35.5 Å². The molecule has 51 heavy (non-hydrogen) atoms. The molecule has 262 valence electrons. The van der Waals surface area contributed by atoms with E-state index in [2.05, 4.69) is 30.6 Å². The van der Waals surface area contributed by atoms with Crippen molar-refractivity contribution in [3.63, 3.8) is 0 Å². The first-order valence-electron chi connectivity index (χ1n) is 16.9. The van der Waals surface area contributed by atoms with Gasteiger partial charge in [0.25, 0.3) is 11.8 Å². The van der Waals surface area contributed by atoms with Gasteiger partial charge in [-0.15, -0.1) is 0 Å². The summed E-state index contributed by atoms with van der Waals surface area (Å²) in [5.74, 6) is -0.771. The molecular formula is C37H37FN8O5. The molecule has 2 aromatic carbocycles. The summed E-state index contributed by atoms with van der Waals surface area (Å²) >= 11 is 0. The molecule has 0 radical (unpaired) electrons.